The lowest BCUT2D eigenvalue weighted by molar-refractivity contribution is 0.131. The van der Waals surface area contributed by atoms with Gasteiger partial charge in [0, 0.05) is 18.2 Å². The monoisotopic (exact) mass is 474 g/mol. The molecule has 0 aromatic heterocycles. The second kappa shape index (κ2) is 11.6. The molecule has 2 nitrogen and oxygen atoms in total. The van der Waals surface area contributed by atoms with E-state index >= 15 is 4.39 Å². The summed E-state index contributed by atoms with van der Waals surface area (Å²) >= 11 is 0. The van der Waals surface area contributed by atoms with E-state index < -0.39 is 11.6 Å². The Labute approximate surface area is 201 Å². The van der Waals surface area contributed by atoms with Crippen molar-refractivity contribution in [1.82, 2.24) is 0 Å². The minimum Gasteiger partial charge on any atom is -0.493 e. The van der Waals surface area contributed by atoms with E-state index in [4.69, 9.17) is 9.47 Å². The number of ether oxygens (including phenoxy) is 2. The third-order valence-corrected chi connectivity index (χ3v) is 7.86. The fraction of sp³-hybridized carbons (Fsp3) is 0.586. The predicted molar refractivity (Wildman–Crippen MR) is 129 cm³/mol. The average Bonchev–Trinajstić information content (AvgIpc) is 2.85. The smallest absolute Gasteiger partial charge is 0.162 e. The molecule has 0 spiro atoms. The van der Waals surface area contributed by atoms with Crippen molar-refractivity contribution in [2.24, 2.45) is 11.8 Å². The van der Waals surface area contributed by atoms with Crippen LogP contribution in [0.5, 0.6) is 5.75 Å². The highest BCUT2D eigenvalue weighted by Crippen LogP contribution is 2.41. The molecule has 5 heteroatoms. The summed E-state index contributed by atoms with van der Waals surface area (Å²) in [6.07, 6.45) is 7.46. The topological polar surface area (TPSA) is 18.5 Å². The summed E-state index contributed by atoms with van der Waals surface area (Å²) in [5.41, 5.74) is 1.61. The fourth-order valence-electron chi connectivity index (χ4n) is 5.58. The lowest BCUT2D eigenvalue weighted by Crippen LogP contribution is -2.20. The van der Waals surface area contributed by atoms with Crippen molar-refractivity contribution in [3.8, 4) is 5.75 Å². The Morgan fingerprint density at radius 3 is 1.94 bits per heavy atom. The van der Waals surface area contributed by atoms with E-state index in [0.29, 0.717) is 47.5 Å². The van der Waals surface area contributed by atoms with Crippen LogP contribution in [0.2, 0.25) is 0 Å². The number of halogens is 3. The maximum Gasteiger partial charge on any atom is 0.162 e. The molecule has 0 saturated heterocycles. The third-order valence-electron chi connectivity index (χ3n) is 7.86. The van der Waals surface area contributed by atoms with Gasteiger partial charge in [0.05, 0.1) is 13.2 Å². The second-order valence-corrected chi connectivity index (χ2v) is 10.2. The molecule has 2 fully saturated rings. The Bertz CT molecular complexity index is 945. The van der Waals surface area contributed by atoms with E-state index in [1.165, 1.54) is 6.07 Å². The highest BCUT2D eigenvalue weighted by molar-refractivity contribution is 5.32. The summed E-state index contributed by atoms with van der Waals surface area (Å²) in [6, 6.07) is 8.56. The number of rotatable bonds is 8. The van der Waals surface area contributed by atoms with Crippen LogP contribution in [-0.2, 0) is 11.3 Å². The maximum atomic E-state index is 15.0. The van der Waals surface area contributed by atoms with Crippen LogP contribution in [0.3, 0.4) is 0 Å². The van der Waals surface area contributed by atoms with Crippen LogP contribution in [0.4, 0.5) is 13.2 Å². The van der Waals surface area contributed by atoms with Crippen molar-refractivity contribution < 1.29 is 22.6 Å². The van der Waals surface area contributed by atoms with E-state index in [0.717, 1.165) is 51.4 Å². The summed E-state index contributed by atoms with van der Waals surface area (Å²) in [6.45, 7) is 5.41. The zero-order valence-electron chi connectivity index (χ0n) is 20.4. The zero-order valence-corrected chi connectivity index (χ0v) is 20.4. The Morgan fingerprint density at radius 1 is 0.794 bits per heavy atom. The molecule has 2 aromatic carbocycles. The van der Waals surface area contributed by atoms with Gasteiger partial charge in [-0.3, -0.25) is 0 Å². The van der Waals surface area contributed by atoms with E-state index in [1.54, 1.807) is 12.1 Å². The number of hydrogen-bond acceptors (Lipinski definition) is 2. The van der Waals surface area contributed by atoms with Gasteiger partial charge in [0.15, 0.2) is 11.6 Å². The van der Waals surface area contributed by atoms with Crippen LogP contribution in [-0.4, -0.2) is 13.2 Å². The maximum absolute atomic E-state index is 15.0. The normalized spacial score (nSPS) is 25.3. The standard InChI is InChI=1S/C29H37F3O2/c1-3-33-18-23-12-13-24(16-27(23)30)34-17-20-6-10-22(11-7-20)26-15-14-25(28(31)29(26)32)21-8-4-19(2)5-9-21/h12-16,19-22H,3-11,17-18H2,1-2H3. The Hall–Kier alpha value is -2.01. The third kappa shape index (κ3) is 5.97. The minimum absolute atomic E-state index is 0.0430. The van der Waals surface area contributed by atoms with Crippen molar-refractivity contribution >= 4 is 0 Å². The Kier molecular flexibility index (Phi) is 8.57. The SMILES string of the molecule is CCOCc1ccc(OCC2CCC(c3ccc(C4CCC(C)CC4)c(F)c3F)CC2)cc1F. The molecule has 2 aliphatic rings. The molecule has 0 heterocycles. The van der Waals surface area contributed by atoms with Gasteiger partial charge in [-0.1, -0.05) is 38.0 Å². The first-order valence-electron chi connectivity index (χ1n) is 12.9. The fourth-order valence-corrected chi connectivity index (χ4v) is 5.58. The van der Waals surface area contributed by atoms with Gasteiger partial charge in [0.25, 0.3) is 0 Å². The molecule has 0 radical (unpaired) electrons. The molecule has 4 rings (SSSR count). The van der Waals surface area contributed by atoms with E-state index in [-0.39, 0.29) is 24.3 Å². The molecule has 2 aliphatic carbocycles. The summed E-state index contributed by atoms with van der Waals surface area (Å²) in [7, 11) is 0. The van der Waals surface area contributed by atoms with Crippen LogP contribution in [0, 0.1) is 29.3 Å². The van der Waals surface area contributed by atoms with Crippen LogP contribution in [0.15, 0.2) is 30.3 Å². The molecule has 0 aliphatic heterocycles. The highest BCUT2D eigenvalue weighted by Gasteiger charge is 2.29. The molecular weight excluding hydrogens is 437 g/mol. The molecule has 186 valence electrons. The molecule has 0 unspecified atom stereocenters. The molecule has 0 N–H and O–H groups in total. The first-order chi connectivity index (χ1) is 16.5. The lowest BCUT2D eigenvalue weighted by Gasteiger charge is -2.30. The molecular formula is C29H37F3O2. The Morgan fingerprint density at radius 2 is 1.38 bits per heavy atom. The first-order valence-corrected chi connectivity index (χ1v) is 12.9. The predicted octanol–water partition coefficient (Wildman–Crippen LogP) is 8.29. The highest BCUT2D eigenvalue weighted by atomic mass is 19.2. The number of benzene rings is 2. The van der Waals surface area contributed by atoms with Crippen molar-refractivity contribution in [2.75, 3.05) is 13.2 Å². The van der Waals surface area contributed by atoms with Gasteiger partial charge in [-0.05, 0) is 86.3 Å². The van der Waals surface area contributed by atoms with Crippen LogP contribution in [0.1, 0.15) is 93.7 Å². The van der Waals surface area contributed by atoms with Gasteiger partial charge < -0.3 is 9.47 Å². The molecule has 34 heavy (non-hydrogen) atoms. The van der Waals surface area contributed by atoms with Gasteiger partial charge in [0.2, 0.25) is 0 Å². The van der Waals surface area contributed by atoms with Crippen molar-refractivity contribution in [1.29, 1.82) is 0 Å². The average molecular weight is 475 g/mol. The molecule has 2 aromatic rings. The van der Waals surface area contributed by atoms with Gasteiger partial charge in [-0.2, -0.15) is 0 Å². The van der Waals surface area contributed by atoms with E-state index in [1.807, 2.05) is 19.1 Å². The number of hydrogen-bond donors (Lipinski definition) is 0. The summed E-state index contributed by atoms with van der Waals surface area (Å²) in [5.74, 6) is 0.127. The van der Waals surface area contributed by atoms with Crippen LogP contribution >= 0.6 is 0 Å². The van der Waals surface area contributed by atoms with E-state index in [9.17, 15) is 8.78 Å². The largest absolute Gasteiger partial charge is 0.493 e. The summed E-state index contributed by atoms with van der Waals surface area (Å²) in [5, 5.41) is 0. The molecule has 0 atom stereocenters. The van der Waals surface area contributed by atoms with Gasteiger partial charge in [0.1, 0.15) is 11.6 Å². The lowest BCUT2D eigenvalue weighted by atomic mass is 9.76. The van der Waals surface area contributed by atoms with Gasteiger partial charge in [-0.15, -0.1) is 0 Å². The van der Waals surface area contributed by atoms with E-state index in [2.05, 4.69) is 6.92 Å². The van der Waals surface area contributed by atoms with Gasteiger partial charge in [-0.25, -0.2) is 13.2 Å². The molecule has 0 bridgehead atoms. The van der Waals surface area contributed by atoms with Crippen molar-refractivity contribution in [2.45, 2.75) is 83.7 Å². The zero-order chi connectivity index (χ0) is 24.1. The van der Waals surface area contributed by atoms with Gasteiger partial charge >= 0.3 is 0 Å². The van der Waals surface area contributed by atoms with Crippen LogP contribution in [0.25, 0.3) is 0 Å². The summed E-state index contributed by atoms with van der Waals surface area (Å²) in [4.78, 5) is 0. The Balaban J connectivity index is 1.30. The summed E-state index contributed by atoms with van der Waals surface area (Å²) < 4.78 is 55.3. The quantitative estimate of drug-likeness (QED) is 0.383. The molecule has 0 amide bonds. The van der Waals surface area contributed by atoms with Crippen molar-refractivity contribution in [3.05, 3.63) is 64.5 Å². The minimum atomic E-state index is -0.640. The second-order valence-electron chi connectivity index (χ2n) is 10.2. The molecule has 2 saturated carbocycles. The first kappa shape index (κ1) is 25.1. The van der Waals surface area contributed by atoms with Crippen molar-refractivity contribution in [3.63, 3.8) is 0 Å². The van der Waals surface area contributed by atoms with Crippen LogP contribution < -0.4 is 4.74 Å².